The first-order chi connectivity index (χ1) is 20.2. The minimum absolute atomic E-state index is 0.00581. The van der Waals surface area contributed by atoms with Gasteiger partial charge in [-0.05, 0) is 13.0 Å². The maximum atomic E-state index is 13.1. The maximum absolute atomic E-state index is 13.1. The monoisotopic (exact) mass is 644 g/mol. The summed E-state index contributed by atoms with van der Waals surface area (Å²) in [6.45, 7) is 0.570. The molecule has 3 rings (SSSR count). The SMILES string of the molecule is CN(CC(=N)/C=N\NC[C@@H]1[C@H](NC(=O)/C(=N\OC2(C(=O)O)CC2)c2csc(N)n2)C(=O)N1S(=O)(=O)O)C(=N)NCCCN. The summed E-state index contributed by atoms with van der Waals surface area (Å²) in [6.07, 6.45) is 2.07. The first-order valence-electron chi connectivity index (χ1n) is 12.6. The molecule has 0 unspecified atom stereocenters. The van der Waals surface area contributed by atoms with Gasteiger partial charge < -0.3 is 47.8 Å². The van der Waals surface area contributed by atoms with Crippen LogP contribution in [-0.2, 0) is 29.5 Å². The van der Waals surface area contributed by atoms with E-state index >= 15 is 0 Å². The molecule has 1 aliphatic carbocycles. The van der Waals surface area contributed by atoms with Crippen LogP contribution >= 0.6 is 11.3 Å². The highest BCUT2D eigenvalue weighted by Gasteiger charge is 2.56. The van der Waals surface area contributed by atoms with Gasteiger partial charge in [-0.1, -0.05) is 5.16 Å². The van der Waals surface area contributed by atoms with E-state index in [0.717, 1.165) is 17.6 Å². The topological polar surface area (TPSA) is 315 Å². The molecule has 22 heteroatoms. The summed E-state index contributed by atoms with van der Waals surface area (Å²) in [7, 11) is -3.43. The Balaban J connectivity index is 1.66. The molecule has 1 aliphatic heterocycles. The van der Waals surface area contributed by atoms with Gasteiger partial charge in [0.1, 0.15) is 11.7 Å². The number of carbonyl (C=O) groups is 3. The van der Waals surface area contributed by atoms with Gasteiger partial charge in [0.15, 0.2) is 16.8 Å². The Morgan fingerprint density at radius 1 is 1.40 bits per heavy atom. The van der Waals surface area contributed by atoms with Gasteiger partial charge in [-0.3, -0.25) is 19.6 Å². The van der Waals surface area contributed by atoms with Crippen molar-refractivity contribution in [3.05, 3.63) is 11.1 Å². The van der Waals surface area contributed by atoms with Crippen LogP contribution in [0.4, 0.5) is 5.13 Å². The Kier molecular flexibility index (Phi) is 10.6. The van der Waals surface area contributed by atoms with Crippen molar-refractivity contribution in [2.24, 2.45) is 16.0 Å². The third kappa shape index (κ3) is 8.33. The van der Waals surface area contributed by atoms with Crippen LogP contribution in [0.5, 0.6) is 0 Å². The number of guanidine groups is 1. The molecule has 1 aromatic heterocycles. The molecule has 2 fully saturated rings. The number of thiazole rings is 1. The van der Waals surface area contributed by atoms with Crippen molar-refractivity contribution in [1.29, 1.82) is 10.8 Å². The number of nitrogen functional groups attached to an aromatic ring is 1. The molecule has 20 nitrogen and oxygen atoms in total. The molecule has 0 aromatic carbocycles. The highest BCUT2D eigenvalue weighted by atomic mass is 32.2. The molecular formula is C21H32N12O8S2. The summed E-state index contributed by atoms with van der Waals surface area (Å²) in [5.74, 6) is -3.43. The number of amides is 2. The molecule has 236 valence electrons. The van der Waals surface area contributed by atoms with Crippen LogP contribution in [0.25, 0.3) is 0 Å². The third-order valence-corrected chi connectivity index (χ3v) is 7.79. The molecule has 1 saturated heterocycles. The van der Waals surface area contributed by atoms with Gasteiger partial charge in [-0.2, -0.15) is 13.5 Å². The summed E-state index contributed by atoms with van der Waals surface area (Å²) in [5.41, 5.74) is 11.3. The van der Waals surface area contributed by atoms with E-state index < -0.39 is 51.5 Å². The number of anilines is 1. The van der Waals surface area contributed by atoms with Crippen molar-refractivity contribution in [3.63, 3.8) is 0 Å². The van der Waals surface area contributed by atoms with E-state index in [4.69, 9.17) is 27.1 Å². The van der Waals surface area contributed by atoms with E-state index in [9.17, 15) is 32.5 Å². The van der Waals surface area contributed by atoms with Gasteiger partial charge in [0.2, 0.25) is 5.60 Å². The second kappa shape index (κ2) is 13.7. The Morgan fingerprint density at radius 2 is 2.09 bits per heavy atom. The smallest absolute Gasteiger partial charge is 0.362 e. The summed E-state index contributed by atoms with van der Waals surface area (Å²) in [4.78, 5) is 47.7. The van der Waals surface area contributed by atoms with Crippen LogP contribution < -0.4 is 27.5 Å². The zero-order valence-corrected chi connectivity index (χ0v) is 24.4. The highest BCUT2D eigenvalue weighted by molar-refractivity contribution is 7.84. The lowest BCUT2D eigenvalue weighted by molar-refractivity contribution is -0.153. The van der Waals surface area contributed by atoms with E-state index in [2.05, 4.69) is 31.3 Å². The number of carboxylic acids is 1. The van der Waals surface area contributed by atoms with Crippen LogP contribution in [-0.4, -0.2) is 125 Å². The molecule has 2 heterocycles. The van der Waals surface area contributed by atoms with Crippen molar-refractivity contribution < 1.29 is 37.3 Å². The van der Waals surface area contributed by atoms with Crippen LogP contribution in [0.2, 0.25) is 0 Å². The van der Waals surface area contributed by atoms with Crippen molar-refractivity contribution in [3.8, 4) is 0 Å². The summed E-state index contributed by atoms with van der Waals surface area (Å²) in [5, 5.41) is 39.3. The van der Waals surface area contributed by atoms with Crippen LogP contribution in [0.15, 0.2) is 15.6 Å². The molecule has 2 amide bonds. The Labute approximate surface area is 249 Å². The minimum Gasteiger partial charge on any atom is -0.478 e. The number of β-lactam (4-membered cyclic amide) rings is 1. The summed E-state index contributed by atoms with van der Waals surface area (Å²) < 4.78 is 33.3. The summed E-state index contributed by atoms with van der Waals surface area (Å²) in [6, 6.07) is -2.84. The van der Waals surface area contributed by atoms with Gasteiger partial charge in [0.25, 0.3) is 11.8 Å². The number of aromatic nitrogens is 1. The molecule has 0 radical (unpaired) electrons. The quantitative estimate of drug-likeness (QED) is 0.0216. The van der Waals surface area contributed by atoms with Gasteiger partial charge in [0, 0.05) is 31.8 Å². The number of carbonyl (C=O) groups excluding carboxylic acids is 2. The van der Waals surface area contributed by atoms with E-state index in [1.807, 2.05) is 0 Å². The fourth-order valence-electron chi connectivity index (χ4n) is 3.65. The number of carboxylic acid groups (broad SMARTS) is 1. The van der Waals surface area contributed by atoms with E-state index in [0.29, 0.717) is 19.5 Å². The second-order valence-electron chi connectivity index (χ2n) is 9.45. The van der Waals surface area contributed by atoms with E-state index in [1.54, 1.807) is 7.05 Å². The lowest BCUT2D eigenvalue weighted by atomic mass is 9.98. The molecule has 2 atom stereocenters. The van der Waals surface area contributed by atoms with Crippen molar-refractivity contribution in [2.75, 3.05) is 39.0 Å². The lowest BCUT2D eigenvalue weighted by Gasteiger charge is -2.43. The molecule has 0 spiro atoms. The molecule has 11 N–H and O–H groups in total. The zero-order chi connectivity index (χ0) is 31.9. The predicted octanol–water partition coefficient (Wildman–Crippen LogP) is -3.04. The number of hydrogen-bond acceptors (Lipinski definition) is 15. The maximum Gasteiger partial charge on any atom is 0.362 e. The van der Waals surface area contributed by atoms with Crippen LogP contribution in [0.1, 0.15) is 25.0 Å². The Morgan fingerprint density at radius 3 is 2.65 bits per heavy atom. The number of oxime groups is 1. The Bertz CT molecular complexity index is 1420. The van der Waals surface area contributed by atoms with Crippen molar-refractivity contribution in [2.45, 2.75) is 36.9 Å². The van der Waals surface area contributed by atoms with E-state index in [1.165, 1.54) is 10.3 Å². The average Bonchev–Trinajstić information content (AvgIpc) is 3.61. The molecule has 0 bridgehead atoms. The molecule has 43 heavy (non-hydrogen) atoms. The normalized spacial score (nSPS) is 19.4. The molecule has 2 aliphatic rings. The number of aliphatic carboxylic acids is 1. The van der Waals surface area contributed by atoms with Gasteiger partial charge >= 0.3 is 16.3 Å². The van der Waals surface area contributed by atoms with E-state index in [-0.39, 0.29) is 52.7 Å². The van der Waals surface area contributed by atoms with Gasteiger partial charge in [-0.15, -0.1) is 11.3 Å². The first-order valence-corrected chi connectivity index (χ1v) is 14.9. The van der Waals surface area contributed by atoms with Gasteiger partial charge in [-0.25, -0.2) is 14.1 Å². The number of rotatable bonds is 16. The van der Waals surface area contributed by atoms with Gasteiger partial charge in [0.05, 0.1) is 31.1 Å². The standard InChI is InChI=1S/C21H32N12O8S2/c1-32(19(24)26-6-2-5-22)9-11(23)7-27-28-8-13-15(17(35)33(13)43(38,39)40)30-16(34)14(12-10-42-20(25)29-12)31-41-21(3-4-21)18(36)37/h7,10,13,15,23,28H,2-6,8-9,22H2,1H3,(H2,24,26)(H2,25,29)(H,30,34)(H,36,37)(H,38,39,40)/b23-11?,27-7-,31-14-/t13-,15+/m1/s1. The first kappa shape index (κ1) is 33.1. The average molecular weight is 645 g/mol. The molecular weight excluding hydrogens is 612 g/mol. The number of nitrogens with two attached hydrogens (primary N) is 2. The molecule has 1 aromatic rings. The predicted molar refractivity (Wildman–Crippen MR) is 154 cm³/mol. The second-order valence-corrected chi connectivity index (χ2v) is 11.6. The lowest BCUT2D eigenvalue weighted by Crippen LogP contribution is -2.74. The third-order valence-electron chi connectivity index (χ3n) is 6.16. The fraction of sp³-hybridized carbons (Fsp3) is 0.524. The molecule has 1 saturated carbocycles. The number of hydrazone groups is 1. The van der Waals surface area contributed by atoms with Crippen molar-refractivity contribution in [1.82, 2.24) is 30.2 Å². The fourth-order valence-corrected chi connectivity index (χ4v) is 5.08. The minimum atomic E-state index is -5.02. The zero-order valence-electron chi connectivity index (χ0n) is 22.8. The van der Waals surface area contributed by atoms with Crippen molar-refractivity contribution >= 4 is 68.2 Å². The largest absolute Gasteiger partial charge is 0.478 e. The summed E-state index contributed by atoms with van der Waals surface area (Å²) >= 11 is 0.954. The highest BCUT2D eigenvalue weighted by Crippen LogP contribution is 2.40. The van der Waals surface area contributed by atoms with Crippen LogP contribution in [0.3, 0.4) is 0 Å². The number of hydrogen-bond donors (Lipinski definition) is 9. The number of nitrogens with one attached hydrogen (secondary N) is 5. The Hall–Kier alpha value is -4.41. The number of nitrogens with zero attached hydrogens (tertiary/aromatic N) is 5. The van der Waals surface area contributed by atoms with Crippen LogP contribution in [0, 0.1) is 10.8 Å².